The quantitative estimate of drug-likeness (QED) is 0.752. The molecule has 0 spiro atoms. The summed E-state index contributed by atoms with van der Waals surface area (Å²) in [5.74, 6) is 2.36. The van der Waals surface area contributed by atoms with Gasteiger partial charge >= 0.3 is 0 Å². The van der Waals surface area contributed by atoms with E-state index in [1.54, 1.807) is 0 Å². The van der Waals surface area contributed by atoms with E-state index >= 15 is 0 Å². The molecule has 0 atom stereocenters. The number of nitrogens with zero attached hydrogens (tertiary/aromatic N) is 3. The van der Waals surface area contributed by atoms with Crippen molar-refractivity contribution in [2.45, 2.75) is 34.1 Å². The summed E-state index contributed by atoms with van der Waals surface area (Å²) in [5, 5.41) is 3.19. The highest BCUT2D eigenvalue weighted by atomic mass is 16.1. The second-order valence-electron chi connectivity index (χ2n) is 5.15. The molecular weight excluding hydrogens is 254 g/mol. The van der Waals surface area contributed by atoms with E-state index in [4.69, 9.17) is 5.73 Å². The van der Waals surface area contributed by atoms with E-state index < -0.39 is 0 Å². The third-order valence-electron chi connectivity index (χ3n) is 2.69. The van der Waals surface area contributed by atoms with E-state index in [1.165, 1.54) is 0 Å². The monoisotopic (exact) mass is 279 g/mol. The van der Waals surface area contributed by atoms with Crippen molar-refractivity contribution in [3.8, 4) is 0 Å². The number of hydrogen-bond acceptors (Lipinski definition) is 5. The lowest BCUT2D eigenvalue weighted by Gasteiger charge is -2.25. The van der Waals surface area contributed by atoms with Crippen molar-refractivity contribution in [1.82, 2.24) is 9.97 Å². The number of primary amides is 1. The molecule has 1 aromatic heterocycles. The molecule has 1 rings (SSSR count). The number of aromatic nitrogens is 2. The Morgan fingerprint density at radius 1 is 1.40 bits per heavy atom. The molecule has 3 N–H and O–H groups in total. The highest BCUT2D eigenvalue weighted by molar-refractivity contribution is 5.79. The normalized spacial score (nSPS) is 10.7. The molecule has 1 heterocycles. The van der Waals surface area contributed by atoms with Crippen LogP contribution in [0, 0.1) is 5.92 Å². The van der Waals surface area contributed by atoms with Gasteiger partial charge in [-0.05, 0) is 12.8 Å². The van der Waals surface area contributed by atoms with Crippen molar-refractivity contribution >= 4 is 17.5 Å². The Bertz CT molecular complexity index is 447. The Balaban J connectivity index is 3.09. The van der Waals surface area contributed by atoms with Gasteiger partial charge in [0.25, 0.3) is 0 Å². The van der Waals surface area contributed by atoms with Crippen LogP contribution in [0.25, 0.3) is 0 Å². The van der Waals surface area contributed by atoms with Gasteiger partial charge in [0, 0.05) is 25.6 Å². The first-order valence-corrected chi connectivity index (χ1v) is 7.11. The van der Waals surface area contributed by atoms with E-state index in [1.807, 2.05) is 24.8 Å². The van der Waals surface area contributed by atoms with E-state index in [0.29, 0.717) is 5.92 Å². The average molecular weight is 279 g/mol. The zero-order chi connectivity index (χ0) is 15.1. The van der Waals surface area contributed by atoms with Crippen LogP contribution in [0.1, 0.15) is 33.5 Å². The zero-order valence-electron chi connectivity index (χ0n) is 12.8. The average Bonchev–Trinajstić information content (AvgIpc) is 2.37. The van der Waals surface area contributed by atoms with Crippen LogP contribution in [-0.2, 0) is 11.2 Å². The summed E-state index contributed by atoms with van der Waals surface area (Å²) in [6, 6.07) is 1.87. The predicted octanol–water partition coefficient (Wildman–Crippen LogP) is 1.42. The van der Waals surface area contributed by atoms with Crippen LogP contribution in [0.2, 0.25) is 0 Å². The van der Waals surface area contributed by atoms with Crippen molar-refractivity contribution in [2.75, 3.05) is 29.9 Å². The summed E-state index contributed by atoms with van der Waals surface area (Å²) in [6.45, 7) is 9.92. The maximum atomic E-state index is 11.3. The minimum Gasteiger partial charge on any atom is -0.370 e. The molecule has 1 aromatic rings. The van der Waals surface area contributed by atoms with Crippen molar-refractivity contribution in [1.29, 1.82) is 0 Å². The van der Waals surface area contributed by atoms with Gasteiger partial charge in [-0.3, -0.25) is 4.79 Å². The van der Waals surface area contributed by atoms with Gasteiger partial charge in [-0.2, -0.15) is 0 Å². The highest BCUT2D eigenvalue weighted by Gasteiger charge is 2.14. The van der Waals surface area contributed by atoms with Gasteiger partial charge in [-0.25, -0.2) is 9.97 Å². The molecule has 0 saturated carbocycles. The van der Waals surface area contributed by atoms with Crippen LogP contribution in [0.15, 0.2) is 6.07 Å². The summed E-state index contributed by atoms with van der Waals surface area (Å²) in [4.78, 5) is 22.1. The molecule has 0 unspecified atom stereocenters. The van der Waals surface area contributed by atoms with Crippen LogP contribution in [0.3, 0.4) is 0 Å². The number of amides is 1. The molecule has 0 aliphatic heterocycles. The third-order valence-corrected chi connectivity index (χ3v) is 2.69. The summed E-state index contributed by atoms with van der Waals surface area (Å²) in [6.07, 6.45) is 0.748. The van der Waals surface area contributed by atoms with E-state index in [9.17, 15) is 4.79 Å². The fourth-order valence-corrected chi connectivity index (χ4v) is 1.94. The number of aryl methyl sites for hydroxylation is 1. The van der Waals surface area contributed by atoms with Gasteiger partial charge in [0.05, 0.1) is 6.54 Å². The molecule has 0 fully saturated rings. The number of nitrogens with two attached hydrogens (primary N) is 1. The predicted molar refractivity (Wildman–Crippen MR) is 81.8 cm³/mol. The Morgan fingerprint density at radius 2 is 2.10 bits per heavy atom. The van der Waals surface area contributed by atoms with E-state index in [-0.39, 0.29) is 12.5 Å². The Labute approximate surface area is 120 Å². The van der Waals surface area contributed by atoms with Crippen molar-refractivity contribution in [2.24, 2.45) is 11.7 Å². The Morgan fingerprint density at radius 3 is 2.60 bits per heavy atom. The first-order valence-electron chi connectivity index (χ1n) is 7.11. The van der Waals surface area contributed by atoms with Gasteiger partial charge in [-0.1, -0.05) is 20.8 Å². The summed E-state index contributed by atoms with van der Waals surface area (Å²) < 4.78 is 0. The van der Waals surface area contributed by atoms with Gasteiger partial charge in [0.2, 0.25) is 5.91 Å². The lowest BCUT2D eigenvalue weighted by atomic mass is 10.2. The summed E-state index contributed by atoms with van der Waals surface area (Å²) >= 11 is 0. The fraction of sp³-hybridized carbons (Fsp3) is 0.643. The lowest BCUT2D eigenvalue weighted by molar-refractivity contribution is -0.116. The number of nitrogens with one attached hydrogen (secondary N) is 1. The van der Waals surface area contributed by atoms with Crippen molar-refractivity contribution in [3.63, 3.8) is 0 Å². The van der Waals surface area contributed by atoms with Crippen molar-refractivity contribution in [3.05, 3.63) is 11.9 Å². The zero-order valence-corrected chi connectivity index (χ0v) is 12.8. The molecule has 0 aliphatic carbocycles. The number of hydrogen-bond donors (Lipinski definition) is 2. The molecule has 20 heavy (non-hydrogen) atoms. The number of carbonyl (C=O) groups is 1. The SMILES string of the molecule is CCNc1cc(N(CC(N)=O)CC(C)C)nc(CC)n1. The second-order valence-corrected chi connectivity index (χ2v) is 5.15. The third kappa shape index (κ3) is 5.03. The van der Waals surface area contributed by atoms with Crippen LogP contribution in [0.5, 0.6) is 0 Å². The molecule has 1 amide bonds. The van der Waals surface area contributed by atoms with Crippen LogP contribution in [-0.4, -0.2) is 35.5 Å². The Kier molecular flexibility index (Phi) is 6.21. The molecule has 6 heteroatoms. The molecule has 0 radical (unpaired) electrons. The van der Waals surface area contributed by atoms with Gasteiger partial charge in [0.1, 0.15) is 17.5 Å². The van der Waals surface area contributed by atoms with Gasteiger partial charge in [0.15, 0.2) is 0 Å². The summed E-state index contributed by atoms with van der Waals surface area (Å²) in [5.41, 5.74) is 5.33. The first kappa shape index (κ1) is 16.2. The number of anilines is 2. The first-order chi connectivity index (χ1) is 9.46. The highest BCUT2D eigenvalue weighted by Crippen LogP contribution is 2.17. The molecular formula is C14H25N5O. The maximum Gasteiger partial charge on any atom is 0.236 e. The molecule has 6 nitrogen and oxygen atoms in total. The largest absolute Gasteiger partial charge is 0.370 e. The van der Waals surface area contributed by atoms with Crippen LogP contribution in [0.4, 0.5) is 11.6 Å². The minimum absolute atomic E-state index is 0.171. The molecule has 0 saturated heterocycles. The van der Waals surface area contributed by atoms with Crippen LogP contribution < -0.4 is 16.0 Å². The van der Waals surface area contributed by atoms with Crippen LogP contribution >= 0.6 is 0 Å². The maximum absolute atomic E-state index is 11.3. The summed E-state index contributed by atoms with van der Waals surface area (Å²) in [7, 11) is 0. The van der Waals surface area contributed by atoms with Gasteiger partial charge < -0.3 is 16.0 Å². The molecule has 0 aromatic carbocycles. The van der Waals surface area contributed by atoms with E-state index in [2.05, 4.69) is 29.1 Å². The molecule has 0 bridgehead atoms. The van der Waals surface area contributed by atoms with Gasteiger partial charge in [-0.15, -0.1) is 0 Å². The lowest BCUT2D eigenvalue weighted by Crippen LogP contribution is -2.37. The topological polar surface area (TPSA) is 84.1 Å². The number of carbonyl (C=O) groups excluding carboxylic acids is 1. The number of rotatable bonds is 8. The standard InChI is InChI=1S/C14H25N5O/c1-5-12-17-13(16-6-2)7-14(18-12)19(8-10(3)4)9-11(15)20/h7,10H,5-6,8-9H2,1-4H3,(H2,15,20)(H,16,17,18). The van der Waals surface area contributed by atoms with Crippen molar-refractivity contribution < 1.29 is 4.79 Å². The van der Waals surface area contributed by atoms with E-state index in [0.717, 1.165) is 37.0 Å². The Hall–Kier alpha value is -1.85. The minimum atomic E-state index is -0.354. The molecule has 0 aliphatic rings. The smallest absolute Gasteiger partial charge is 0.236 e. The fourth-order valence-electron chi connectivity index (χ4n) is 1.94. The second kappa shape index (κ2) is 7.67. The molecule has 112 valence electrons.